The van der Waals surface area contributed by atoms with Crippen molar-refractivity contribution < 1.29 is 14.1 Å². The van der Waals surface area contributed by atoms with E-state index in [4.69, 9.17) is 9.15 Å². The molecule has 1 N–H and O–H groups in total. The molecule has 1 fully saturated rings. The van der Waals surface area contributed by atoms with Gasteiger partial charge in [0.25, 0.3) is 5.88 Å². The minimum Gasteiger partial charge on any atom is -0.469 e. The summed E-state index contributed by atoms with van der Waals surface area (Å²) in [5, 5.41) is 14.3. The Morgan fingerprint density at radius 2 is 2.17 bits per heavy atom. The molecule has 0 aromatic carbocycles. The number of anilines is 1. The van der Waals surface area contributed by atoms with Crippen LogP contribution in [-0.2, 0) is 6.54 Å². The molecule has 0 saturated heterocycles. The molecule has 1 saturated carbocycles. The summed E-state index contributed by atoms with van der Waals surface area (Å²) in [7, 11) is 0. The second-order valence-electron chi connectivity index (χ2n) is 5.44. The van der Waals surface area contributed by atoms with Crippen molar-refractivity contribution >= 4 is 11.5 Å². The maximum atomic E-state index is 11.4. The number of nitrogens with zero attached hydrogens (tertiary/aromatic N) is 3. The molecule has 3 rings (SSSR count). The van der Waals surface area contributed by atoms with E-state index >= 15 is 0 Å². The fourth-order valence-electron chi connectivity index (χ4n) is 2.67. The molecule has 23 heavy (non-hydrogen) atoms. The molecule has 122 valence electrons. The Morgan fingerprint density at radius 1 is 1.35 bits per heavy atom. The molecule has 2 aromatic rings. The average molecular weight is 318 g/mol. The quantitative estimate of drug-likeness (QED) is 0.643. The predicted octanol–water partition coefficient (Wildman–Crippen LogP) is 3.30. The first-order valence-corrected chi connectivity index (χ1v) is 7.66. The van der Waals surface area contributed by atoms with E-state index < -0.39 is 4.92 Å². The standard InChI is InChI=1S/C15H18N4O4/c20-19(21)13-14(16-9-12-7-4-8-22-12)17-10-18-15(13)23-11-5-2-1-3-6-11/h4,7-8,10-11H,1-3,5-6,9H2,(H,16,17,18). The van der Waals surface area contributed by atoms with Gasteiger partial charge in [-0.2, -0.15) is 4.98 Å². The van der Waals surface area contributed by atoms with Gasteiger partial charge >= 0.3 is 5.69 Å². The lowest BCUT2D eigenvalue weighted by Crippen LogP contribution is -2.21. The summed E-state index contributed by atoms with van der Waals surface area (Å²) in [4.78, 5) is 18.8. The summed E-state index contributed by atoms with van der Waals surface area (Å²) in [6, 6.07) is 3.53. The van der Waals surface area contributed by atoms with Crippen LogP contribution in [0.3, 0.4) is 0 Å². The van der Waals surface area contributed by atoms with E-state index in [9.17, 15) is 10.1 Å². The monoisotopic (exact) mass is 318 g/mol. The normalized spacial score (nSPS) is 15.3. The number of aromatic nitrogens is 2. The Kier molecular flexibility index (Phi) is 4.70. The van der Waals surface area contributed by atoms with E-state index in [2.05, 4.69) is 15.3 Å². The fourth-order valence-corrected chi connectivity index (χ4v) is 2.67. The van der Waals surface area contributed by atoms with Gasteiger partial charge in [-0.1, -0.05) is 6.42 Å². The van der Waals surface area contributed by atoms with Crippen LogP contribution < -0.4 is 10.1 Å². The van der Waals surface area contributed by atoms with Crippen LogP contribution in [-0.4, -0.2) is 21.0 Å². The first kappa shape index (κ1) is 15.3. The summed E-state index contributed by atoms with van der Waals surface area (Å²) in [5.41, 5.74) is -0.232. The van der Waals surface area contributed by atoms with Crippen LogP contribution in [0, 0.1) is 10.1 Å². The van der Waals surface area contributed by atoms with Crippen LogP contribution in [0.1, 0.15) is 37.9 Å². The SMILES string of the molecule is O=[N+]([O-])c1c(NCc2ccco2)ncnc1OC1CCCCC1. The molecule has 1 aliphatic carbocycles. The van der Waals surface area contributed by atoms with Crippen molar-refractivity contribution in [3.8, 4) is 5.88 Å². The molecule has 0 atom stereocenters. The molecular weight excluding hydrogens is 300 g/mol. The van der Waals surface area contributed by atoms with Crippen molar-refractivity contribution in [3.05, 3.63) is 40.6 Å². The van der Waals surface area contributed by atoms with Crippen molar-refractivity contribution in [1.82, 2.24) is 9.97 Å². The highest BCUT2D eigenvalue weighted by Crippen LogP contribution is 2.33. The fraction of sp³-hybridized carbons (Fsp3) is 0.467. The van der Waals surface area contributed by atoms with E-state index in [0.717, 1.165) is 25.7 Å². The molecular formula is C15H18N4O4. The van der Waals surface area contributed by atoms with Gasteiger partial charge in [-0.15, -0.1) is 0 Å². The number of hydrogen-bond acceptors (Lipinski definition) is 7. The third kappa shape index (κ3) is 3.77. The summed E-state index contributed by atoms with van der Waals surface area (Å²) in [6.07, 6.45) is 7.93. The Hall–Kier alpha value is -2.64. The van der Waals surface area contributed by atoms with Gasteiger partial charge in [0.05, 0.1) is 17.7 Å². The van der Waals surface area contributed by atoms with Gasteiger partial charge in [-0.3, -0.25) is 10.1 Å². The predicted molar refractivity (Wildman–Crippen MR) is 82.2 cm³/mol. The molecule has 0 unspecified atom stereocenters. The Labute approximate surface area is 133 Å². The van der Waals surface area contributed by atoms with Gasteiger partial charge in [-0.05, 0) is 37.8 Å². The van der Waals surface area contributed by atoms with Gasteiger partial charge in [0, 0.05) is 0 Å². The molecule has 8 heteroatoms. The molecule has 0 radical (unpaired) electrons. The molecule has 1 aliphatic rings. The molecule has 2 heterocycles. The number of rotatable bonds is 6. The topological polar surface area (TPSA) is 103 Å². The summed E-state index contributed by atoms with van der Waals surface area (Å²) >= 11 is 0. The minimum atomic E-state index is -0.511. The minimum absolute atomic E-state index is 0.0183. The van der Waals surface area contributed by atoms with E-state index in [1.165, 1.54) is 12.7 Å². The summed E-state index contributed by atoms with van der Waals surface area (Å²) in [6.45, 7) is 0.299. The maximum Gasteiger partial charge on any atom is 0.372 e. The van der Waals surface area contributed by atoms with Gasteiger partial charge < -0.3 is 14.5 Å². The summed E-state index contributed by atoms with van der Waals surface area (Å²) < 4.78 is 11.0. The van der Waals surface area contributed by atoms with Crippen LogP contribution in [0.25, 0.3) is 0 Å². The lowest BCUT2D eigenvalue weighted by atomic mass is 9.98. The first-order valence-electron chi connectivity index (χ1n) is 7.66. The number of hydrogen-bond donors (Lipinski definition) is 1. The number of nitro groups is 1. The van der Waals surface area contributed by atoms with Crippen LogP contribution in [0.2, 0.25) is 0 Å². The van der Waals surface area contributed by atoms with Gasteiger partial charge in [0.2, 0.25) is 5.82 Å². The molecule has 2 aromatic heterocycles. The zero-order chi connectivity index (χ0) is 16.1. The van der Waals surface area contributed by atoms with Gasteiger partial charge in [0.1, 0.15) is 18.2 Å². The van der Waals surface area contributed by atoms with Crippen molar-refractivity contribution in [2.45, 2.75) is 44.8 Å². The third-order valence-electron chi connectivity index (χ3n) is 3.81. The number of furan rings is 1. The Morgan fingerprint density at radius 3 is 2.87 bits per heavy atom. The highest BCUT2D eigenvalue weighted by Gasteiger charge is 2.27. The Bertz CT molecular complexity index is 654. The largest absolute Gasteiger partial charge is 0.469 e. The smallest absolute Gasteiger partial charge is 0.372 e. The highest BCUT2D eigenvalue weighted by atomic mass is 16.6. The van der Waals surface area contributed by atoms with Crippen LogP contribution in [0.5, 0.6) is 5.88 Å². The van der Waals surface area contributed by atoms with Crippen molar-refractivity contribution in [3.63, 3.8) is 0 Å². The van der Waals surface area contributed by atoms with Gasteiger partial charge in [0.15, 0.2) is 0 Å². The molecule has 0 aliphatic heterocycles. The van der Waals surface area contributed by atoms with Crippen LogP contribution in [0.15, 0.2) is 29.1 Å². The maximum absolute atomic E-state index is 11.4. The number of nitrogens with one attached hydrogen (secondary N) is 1. The molecule has 0 spiro atoms. The van der Waals surface area contributed by atoms with Gasteiger partial charge in [-0.25, -0.2) is 4.98 Å². The third-order valence-corrected chi connectivity index (χ3v) is 3.81. The van der Waals surface area contributed by atoms with Crippen molar-refractivity contribution in [1.29, 1.82) is 0 Å². The molecule has 8 nitrogen and oxygen atoms in total. The van der Waals surface area contributed by atoms with E-state index in [-0.39, 0.29) is 23.5 Å². The van der Waals surface area contributed by atoms with E-state index in [1.807, 2.05) is 0 Å². The summed E-state index contributed by atoms with van der Waals surface area (Å²) in [5.74, 6) is 0.818. The average Bonchev–Trinajstić information content (AvgIpc) is 3.07. The van der Waals surface area contributed by atoms with Crippen LogP contribution >= 0.6 is 0 Å². The molecule has 0 amide bonds. The molecule has 0 bridgehead atoms. The van der Waals surface area contributed by atoms with Crippen molar-refractivity contribution in [2.75, 3.05) is 5.32 Å². The highest BCUT2D eigenvalue weighted by molar-refractivity contribution is 5.61. The van der Waals surface area contributed by atoms with Crippen LogP contribution in [0.4, 0.5) is 11.5 Å². The second kappa shape index (κ2) is 7.08. The van der Waals surface area contributed by atoms with E-state index in [1.54, 1.807) is 18.4 Å². The first-order chi connectivity index (χ1) is 11.2. The Balaban J connectivity index is 1.78. The second-order valence-corrected chi connectivity index (χ2v) is 5.44. The van der Waals surface area contributed by atoms with Crippen molar-refractivity contribution in [2.24, 2.45) is 0 Å². The lowest BCUT2D eigenvalue weighted by molar-refractivity contribution is -0.385. The number of ether oxygens (including phenoxy) is 1. The zero-order valence-electron chi connectivity index (χ0n) is 12.6. The zero-order valence-corrected chi connectivity index (χ0v) is 12.6. The van der Waals surface area contributed by atoms with E-state index in [0.29, 0.717) is 12.3 Å². The lowest BCUT2D eigenvalue weighted by Gasteiger charge is -2.22.